The van der Waals surface area contributed by atoms with Gasteiger partial charge in [-0.25, -0.2) is 0 Å². The third-order valence-electron chi connectivity index (χ3n) is 1.41. The SMILES string of the molecule is Cl.Cl.OCCC1=[C]([Zr])CC=C1. The number of halogens is 2. The molecule has 0 aliphatic heterocycles. The van der Waals surface area contributed by atoms with Gasteiger partial charge in [-0.1, -0.05) is 0 Å². The fourth-order valence-corrected chi connectivity index (χ4v) is 1.71. The molecule has 1 nitrogen and oxygen atoms in total. The van der Waals surface area contributed by atoms with E-state index in [9.17, 15) is 0 Å². The summed E-state index contributed by atoms with van der Waals surface area (Å²) < 4.78 is 1.50. The molecule has 0 aromatic heterocycles. The van der Waals surface area contributed by atoms with E-state index in [1.165, 1.54) is 33.6 Å². The van der Waals surface area contributed by atoms with Crippen LogP contribution in [0.2, 0.25) is 0 Å². The van der Waals surface area contributed by atoms with E-state index < -0.39 is 0 Å². The van der Waals surface area contributed by atoms with Gasteiger partial charge in [0.2, 0.25) is 0 Å². The summed E-state index contributed by atoms with van der Waals surface area (Å²) in [7, 11) is 0. The first-order valence-electron chi connectivity index (χ1n) is 3.05. The molecule has 4 heteroatoms. The molecule has 0 bridgehead atoms. The number of allylic oxidation sites excluding steroid dienone is 3. The first-order valence-corrected chi connectivity index (χ1v) is 4.28. The maximum absolute atomic E-state index is 8.59. The van der Waals surface area contributed by atoms with Crippen molar-refractivity contribution in [3.63, 3.8) is 0 Å². The van der Waals surface area contributed by atoms with E-state index in [0.717, 1.165) is 12.8 Å². The van der Waals surface area contributed by atoms with Crippen molar-refractivity contribution in [3.8, 4) is 0 Å². The molecule has 0 aromatic rings. The Morgan fingerprint density at radius 3 is 2.45 bits per heavy atom. The molecule has 0 unspecified atom stereocenters. The summed E-state index contributed by atoms with van der Waals surface area (Å²) in [4.78, 5) is 0. The van der Waals surface area contributed by atoms with Gasteiger partial charge in [0, 0.05) is 0 Å². The van der Waals surface area contributed by atoms with E-state index in [1.807, 2.05) is 0 Å². The third kappa shape index (κ3) is 4.47. The van der Waals surface area contributed by atoms with Crippen molar-refractivity contribution in [1.29, 1.82) is 0 Å². The number of aliphatic hydroxyl groups excluding tert-OH is 1. The molecule has 63 valence electrons. The minimum absolute atomic E-state index is 0. The third-order valence-corrected chi connectivity index (χ3v) is 2.70. The number of aliphatic hydroxyl groups is 1. The second-order valence-corrected chi connectivity index (χ2v) is 3.57. The van der Waals surface area contributed by atoms with Crippen LogP contribution in [0.5, 0.6) is 0 Å². The molecule has 1 aliphatic rings. The zero-order valence-electron chi connectivity index (χ0n) is 6.04. The van der Waals surface area contributed by atoms with Crippen LogP contribution in [0.3, 0.4) is 0 Å². The molecule has 0 atom stereocenters. The van der Waals surface area contributed by atoms with Crippen LogP contribution in [0.25, 0.3) is 0 Å². The van der Waals surface area contributed by atoms with Crippen LogP contribution in [0, 0.1) is 0 Å². The van der Waals surface area contributed by atoms with Crippen LogP contribution >= 0.6 is 24.8 Å². The van der Waals surface area contributed by atoms with Crippen LogP contribution in [0.4, 0.5) is 0 Å². The van der Waals surface area contributed by atoms with Crippen molar-refractivity contribution in [2.24, 2.45) is 0 Å². The Kier molecular flexibility index (Phi) is 9.90. The van der Waals surface area contributed by atoms with Gasteiger partial charge in [-0.05, 0) is 0 Å². The molecule has 1 aliphatic carbocycles. The van der Waals surface area contributed by atoms with Crippen LogP contribution < -0.4 is 0 Å². The zero-order valence-corrected chi connectivity index (χ0v) is 10.1. The normalized spacial score (nSPS) is 14.2. The van der Waals surface area contributed by atoms with E-state index in [2.05, 4.69) is 12.2 Å². The predicted molar refractivity (Wildman–Crippen MR) is 47.0 cm³/mol. The molecule has 1 N–H and O–H groups in total. The maximum atomic E-state index is 8.59. The summed E-state index contributed by atoms with van der Waals surface area (Å²) in [6, 6.07) is 0. The topological polar surface area (TPSA) is 20.2 Å². The van der Waals surface area contributed by atoms with Gasteiger partial charge < -0.3 is 0 Å². The molecule has 0 radical (unpaired) electrons. The standard InChI is InChI=1S/C7H9O.2ClH.Zr/c8-6-5-7-3-1-2-4-7;;;/h1,3,8H,2,5-6H2;2*1H;. The van der Waals surface area contributed by atoms with Gasteiger partial charge in [-0.3, -0.25) is 0 Å². The Balaban J connectivity index is 0. The molecule has 0 amide bonds. The summed E-state index contributed by atoms with van der Waals surface area (Å²) in [5.41, 5.74) is 1.36. The van der Waals surface area contributed by atoms with Crippen molar-refractivity contribution in [2.45, 2.75) is 12.8 Å². The Morgan fingerprint density at radius 2 is 2.09 bits per heavy atom. The molecule has 0 spiro atoms. The Hall–Kier alpha value is 0.903. The van der Waals surface area contributed by atoms with Crippen LogP contribution in [0.1, 0.15) is 12.8 Å². The van der Waals surface area contributed by atoms with Crippen molar-refractivity contribution in [3.05, 3.63) is 21.0 Å². The van der Waals surface area contributed by atoms with Crippen molar-refractivity contribution >= 4 is 24.8 Å². The van der Waals surface area contributed by atoms with Crippen LogP contribution in [-0.2, 0) is 24.7 Å². The van der Waals surface area contributed by atoms with E-state index in [0.29, 0.717) is 0 Å². The number of hydrogen-bond acceptors (Lipinski definition) is 1. The molecule has 11 heavy (non-hydrogen) atoms. The molecule has 1 rings (SSSR count). The van der Waals surface area contributed by atoms with Gasteiger partial charge in [0.1, 0.15) is 0 Å². The molecular weight excluding hydrogens is 262 g/mol. The monoisotopic (exact) mass is 271 g/mol. The molecule has 0 fully saturated rings. The second kappa shape index (κ2) is 7.55. The van der Waals surface area contributed by atoms with Crippen molar-refractivity contribution < 1.29 is 29.8 Å². The van der Waals surface area contributed by atoms with Gasteiger partial charge in [0.15, 0.2) is 0 Å². The van der Waals surface area contributed by atoms with E-state index in [-0.39, 0.29) is 31.4 Å². The Bertz CT molecular complexity index is 166. The molecule has 0 heterocycles. The average Bonchev–Trinajstić information content (AvgIpc) is 2.18. The van der Waals surface area contributed by atoms with Crippen molar-refractivity contribution in [1.82, 2.24) is 0 Å². The van der Waals surface area contributed by atoms with Crippen LogP contribution in [0.15, 0.2) is 21.0 Å². The molecule has 0 saturated heterocycles. The number of hydrogen-bond donors (Lipinski definition) is 1. The number of rotatable bonds is 2. The summed E-state index contributed by atoms with van der Waals surface area (Å²) in [6.07, 6.45) is 6.25. The van der Waals surface area contributed by atoms with E-state index >= 15 is 0 Å². The van der Waals surface area contributed by atoms with E-state index in [4.69, 9.17) is 5.11 Å². The van der Waals surface area contributed by atoms with Gasteiger partial charge >= 0.3 is 70.3 Å². The summed E-state index contributed by atoms with van der Waals surface area (Å²) >= 11 is 1.49. The quantitative estimate of drug-likeness (QED) is 0.815. The second-order valence-electron chi connectivity index (χ2n) is 2.08. The molecule has 0 saturated carbocycles. The van der Waals surface area contributed by atoms with Crippen molar-refractivity contribution in [2.75, 3.05) is 6.61 Å². The zero-order chi connectivity index (χ0) is 6.69. The summed E-state index contributed by atoms with van der Waals surface area (Å²) in [5, 5.41) is 8.59. The summed E-state index contributed by atoms with van der Waals surface area (Å²) in [5.74, 6) is 0. The summed E-state index contributed by atoms with van der Waals surface area (Å²) in [6.45, 7) is 0.289. The predicted octanol–water partition coefficient (Wildman–Crippen LogP) is 1.97. The van der Waals surface area contributed by atoms with E-state index in [1.54, 1.807) is 0 Å². The Morgan fingerprint density at radius 1 is 1.45 bits per heavy atom. The first kappa shape index (κ1) is 14.4. The fraction of sp³-hybridized carbons (Fsp3) is 0.429. The van der Waals surface area contributed by atoms with Gasteiger partial charge in [0.25, 0.3) is 0 Å². The molecular formula is C7H11Cl2OZr. The first-order chi connectivity index (χ1) is 4.34. The Labute approximate surface area is 94.6 Å². The molecule has 0 aromatic carbocycles. The van der Waals surface area contributed by atoms with Gasteiger partial charge in [0.05, 0.1) is 0 Å². The van der Waals surface area contributed by atoms with Crippen LogP contribution in [-0.4, -0.2) is 11.7 Å². The van der Waals surface area contributed by atoms with Gasteiger partial charge in [-0.2, -0.15) is 0 Å². The van der Waals surface area contributed by atoms with Gasteiger partial charge in [-0.15, -0.1) is 24.8 Å². The average molecular weight is 273 g/mol. The minimum atomic E-state index is 0. The fourth-order valence-electron chi connectivity index (χ4n) is 0.905.